The van der Waals surface area contributed by atoms with Gasteiger partial charge >= 0.3 is 12.1 Å². The zero-order chi connectivity index (χ0) is 18.2. The summed E-state index contributed by atoms with van der Waals surface area (Å²) in [6, 6.07) is 7.72. The fourth-order valence-corrected chi connectivity index (χ4v) is 1.76. The van der Waals surface area contributed by atoms with E-state index in [9.17, 15) is 9.59 Å². The van der Waals surface area contributed by atoms with Gasteiger partial charge in [-0.15, -0.1) is 0 Å². The van der Waals surface area contributed by atoms with E-state index in [4.69, 9.17) is 14.7 Å². The van der Waals surface area contributed by atoms with E-state index in [0.29, 0.717) is 11.3 Å². The first-order valence-electron chi connectivity index (χ1n) is 7.45. The van der Waals surface area contributed by atoms with E-state index in [0.717, 1.165) is 0 Å². The van der Waals surface area contributed by atoms with Crippen LogP contribution in [0.4, 0.5) is 4.79 Å². The van der Waals surface area contributed by atoms with E-state index in [2.05, 4.69) is 10.1 Å². The van der Waals surface area contributed by atoms with Gasteiger partial charge in [-0.3, -0.25) is 0 Å². The van der Waals surface area contributed by atoms with Gasteiger partial charge in [0.2, 0.25) is 0 Å². The molecule has 0 bridgehead atoms. The molecular weight excluding hydrogens is 312 g/mol. The minimum Gasteiger partial charge on any atom is -0.493 e. The number of nitriles is 1. The van der Waals surface area contributed by atoms with Crippen molar-refractivity contribution in [3.63, 3.8) is 0 Å². The fourth-order valence-electron chi connectivity index (χ4n) is 1.76. The van der Waals surface area contributed by atoms with Crippen molar-refractivity contribution in [3.05, 3.63) is 29.8 Å². The van der Waals surface area contributed by atoms with Gasteiger partial charge in [0.25, 0.3) is 0 Å². The molecule has 0 heterocycles. The van der Waals surface area contributed by atoms with Crippen LogP contribution in [0.2, 0.25) is 0 Å². The topological polar surface area (TPSA) is 97.6 Å². The van der Waals surface area contributed by atoms with Gasteiger partial charge in [-0.05, 0) is 45.0 Å². The molecule has 130 valence electrons. The number of alkyl carbamates (subject to hydrolysis) is 1. The van der Waals surface area contributed by atoms with Crippen molar-refractivity contribution in [3.8, 4) is 11.8 Å². The Morgan fingerprint density at radius 3 is 2.38 bits per heavy atom. The molecular formula is C17H22N2O5. The third-order valence-corrected chi connectivity index (χ3v) is 2.84. The second kappa shape index (κ2) is 8.77. The third-order valence-electron chi connectivity index (χ3n) is 2.84. The Labute approximate surface area is 141 Å². The summed E-state index contributed by atoms with van der Waals surface area (Å²) < 4.78 is 15.3. The van der Waals surface area contributed by atoms with Crippen LogP contribution in [-0.2, 0) is 14.3 Å². The molecule has 1 amide bonds. The zero-order valence-electron chi connectivity index (χ0n) is 14.3. The lowest BCUT2D eigenvalue weighted by molar-refractivity contribution is -0.143. The predicted octanol–water partition coefficient (Wildman–Crippen LogP) is 2.39. The normalized spacial score (nSPS) is 11.8. The van der Waals surface area contributed by atoms with E-state index < -0.39 is 23.7 Å². The van der Waals surface area contributed by atoms with Crippen LogP contribution in [0.3, 0.4) is 0 Å². The Morgan fingerprint density at radius 2 is 1.88 bits per heavy atom. The monoisotopic (exact) mass is 334 g/mol. The molecule has 1 unspecified atom stereocenters. The Bertz CT molecular complexity index is 599. The molecule has 0 aliphatic carbocycles. The largest absolute Gasteiger partial charge is 0.493 e. The molecule has 7 heteroatoms. The van der Waals surface area contributed by atoms with Gasteiger partial charge in [-0.25, -0.2) is 9.59 Å². The molecule has 0 saturated heterocycles. The summed E-state index contributed by atoms with van der Waals surface area (Å²) in [5.41, 5.74) is -0.134. The Morgan fingerprint density at radius 1 is 1.25 bits per heavy atom. The van der Waals surface area contributed by atoms with Crippen LogP contribution in [0.1, 0.15) is 32.8 Å². The van der Waals surface area contributed by atoms with E-state index in [1.54, 1.807) is 45.0 Å². The second-order valence-corrected chi connectivity index (χ2v) is 6.00. The number of hydrogen-bond donors (Lipinski definition) is 1. The van der Waals surface area contributed by atoms with Gasteiger partial charge in [0, 0.05) is 6.42 Å². The molecule has 0 fully saturated rings. The summed E-state index contributed by atoms with van der Waals surface area (Å²) in [6.07, 6.45) is -0.484. The molecule has 1 rings (SSSR count). The highest BCUT2D eigenvalue weighted by molar-refractivity contribution is 5.81. The fraction of sp³-hybridized carbons (Fsp3) is 0.471. The number of nitrogens with one attached hydrogen (secondary N) is 1. The van der Waals surface area contributed by atoms with Crippen molar-refractivity contribution < 1.29 is 23.8 Å². The molecule has 0 aliphatic rings. The van der Waals surface area contributed by atoms with Gasteiger partial charge in [-0.2, -0.15) is 5.26 Å². The number of rotatable bonds is 6. The molecule has 7 nitrogen and oxygen atoms in total. The number of carbonyl (C=O) groups excluding carboxylic acids is 2. The summed E-state index contributed by atoms with van der Waals surface area (Å²) in [4.78, 5) is 23.5. The second-order valence-electron chi connectivity index (χ2n) is 6.00. The highest BCUT2D eigenvalue weighted by Crippen LogP contribution is 2.12. The lowest BCUT2D eigenvalue weighted by Crippen LogP contribution is -2.44. The smallest absolute Gasteiger partial charge is 0.408 e. The van der Waals surface area contributed by atoms with Crippen LogP contribution < -0.4 is 10.1 Å². The first-order valence-corrected chi connectivity index (χ1v) is 7.45. The van der Waals surface area contributed by atoms with Gasteiger partial charge in [0.1, 0.15) is 17.4 Å². The van der Waals surface area contributed by atoms with Crippen LogP contribution in [-0.4, -0.2) is 37.4 Å². The van der Waals surface area contributed by atoms with Crippen LogP contribution in [0.5, 0.6) is 5.75 Å². The maximum Gasteiger partial charge on any atom is 0.408 e. The van der Waals surface area contributed by atoms with Crippen molar-refractivity contribution >= 4 is 12.1 Å². The average Bonchev–Trinajstić information content (AvgIpc) is 2.52. The SMILES string of the molecule is COC(=O)C(CCOc1ccc(C#N)cc1)NC(=O)OC(C)(C)C. The van der Waals surface area contributed by atoms with Crippen LogP contribution in [0.15, 0.2) is 24.3 Å². The number of methoxy groups -OCH3 is 1. The molecule has 24 heavy (non-hydrogen) atoms. The van der Waals surface area contributed by atoms with E-state index in [-0.39, 0.29) is 13.0 Å². The Kier molecular flexibility index (Phi) is 7.05. The number of esters is 1. The van der Waals surface area contributed by atoms with Crippen molar-refractivity contribution in [2.75, 3.05) is 13.7 Å². The highest BCUT2D eigenvalue weighted by Gasteiger charge is 2.24. The molecule has 1 aromatic carbocycles. The first kappa shape index (κ1) is 19.3. The molecule has 1 atom stereocenters. The zero-order valence-corrected chi connectivity index (χ0v) is 14.3. The molecule has 1 N–H and O–H groups in total. The standard InChI is InChI=1S/C17H22N2O5/c1-17(2,3)24-16(21)19-14(15(20)22-4)9-10-23-13-7-5-12(11-18)6-8-13/h5-8,14H,9-10H2,1-4H3,(H,19,21). The lowest BCUT2D eigenvalue weighted by atomic mass is 10.2. The quantitative estimate of drug-likeness (QED) is 0.802. The summed E-state index contributed by atoms with van der Waals surface area (Å²) >= 11 is 0. The van der Waals surface area contributed by atoms with E-state index in [1.165, 1.54) is 7.11 Å². The minimum absolute atomic E-state index is 0.182. The molecule has 0 aromatic heterocycles. The van der Waals surface area contributed by atoms with E-state index in [1.807, 2.05) is 6.07 Å². The minimum atomic E-state index is -0.872. The molecule has 1 aromatic rings. The number of amides is 1. The Balaban J connectivity index is 2.55. The average molecular weight is 334 g/mol. The molecule has 0 radical (unpaired) electrons. The number of carbonyl (C=O) groups is 2. The van der Waals surface area contributed by atoms with Crippen molar-refractivity contribution in [1.29, 1.82) is 5.26 Å². The summed E-state index contributed by atoms with van der Waals surface area (Å²) in [6.45, 7) is 5.37. The van der Waals surface area contributed by atoms with Crippen molar-refractivity contribution in [1.82, 2.24) is 5.32 Å². The third kappa shape index (κ3) is 7.01. The lowest BCUT2D eigenvalue weighted by Gasteiger charge is -2.22. The van der Waals surface area contributed by atoms with Gasteiger partial charge in [0.15, 0.2) is 0 Å². The summed E-state index contributed by atoms with van der Waals surface area (Å²) in [5.74, 6) is -0.0147. The maximum atomic E-state index is 11.8. The number of benzene rings is 1. The van der Waals surface area contributed by atoms with Gasteiger partial charge < -0.3 is 19.5 Å². The number of nitrogens with zero attached hydrogens (tertiary/aromatic N) is 1. The van der Waals surface area contributed by atoms with Crippen molar-refractivity contribution in [2.24, 2.45) is 0 Å². The molecule has 0 saturated carbocycles. The van der Waals surface area contributed by atoms with E-state index >= 15 is 0 Å². The van der Waals surface area contributed by atoms with Crippen LogP contribution in [0, 0.1) is 11.3 Å². The van der Waals surface area contributed by atoms with Gasteiger partial charge in [-0.1, -0.05) is 0 Å². The molecule has 0 aliphatic heterocycles. The van der Waals surface area contributed by atoms with Gasteiger partial charge in [0.05, 0.1) is 25.3 Å². The maximum absolute atomic E-state index is 11.8. The number of hydrogen-bond acceptors (Lipinski definition) is 6. The van der Waals surface area contributed by atoms with Crippen molar-refractivity contribution in [2.45, 2.75) is 38.8 Å². The number of ether oxygens (including phenoxy) is 3. The summed E-state index contributed by atoms with van der Waals surface area (Å²) in [5, 5.41) is 11.2. The predicted molar refractivity (Wildman–Crippen MR) is 86.4 cm³/mol. The van der Waals surface area contributed by atoms with Crippen LogP contribution >= 0.6 is 0 Å². The van der Waals surface area contributed by atoms with Crippen LogP contribution in [0.25, 0.3) is 0 Å². The summed E-state index contributed by atoms with van der Waals surface area (Å²) in [7, 11) is 1.24. The molecule has 0 spiro atoms. The Hall–Kier alpha value is -2.75. The highest BCUT2D eigenvalue weighted by atomic mass is 16.6. The first-order chi connectivity index (χ1) is 11.2.